The molecule has 3 nitrogen and oxygen atoms in total. The van der Waals surface area contributed by atoms with Gasteiger partial charge in [0.25, 0.3) is 0 Å². The third kappa shape index (κ3) is 6.75. The molecular weight excluding hydrogens is 412 g/mol. The van der Waals surface area contributed by atoms with Crippen molar-refractivity contribution in [2.75, 3.05) is 26.2 Å². The van der Waals surface area contributed by atoms with E-state index in [4.69, 9.17) is 0 Å². The van der Waals surface area contributed by atoms with E-state index in [1.54, 1.807) is 4.90 Å². The third-order valence-electron chi connectivity index (χ3n) is 5.35. The van der Waals surface area contributed by atoms with E-state index >= 15 is 0 Å². The molecular formula is C24H35BrN2O. The van der Waals surface area contributed by atoms with Crippen molar-refractivity contribution in [1.82, 2.24) is 4.90 Å². The van der Waals surface area contributed by atoms with Crippen molar-refractivity contribution in [2.45, 2.75) is 46.1 Å². The third-order valence-corrected chi connectivity index (χ3v) is 5.35. The molecule has 0 atom stereocenters. The highest BCUT2D eigenvalue weighted by Gasteiger charge is 2.28. The molecule has 0 saturated carbocycles. The van der Waals surface area contributed by atoms with E-state index in [1.165, 1.54) is 0 Å². The topological polar surface area (TPSA) is 24.8 Å². The average Bonchev–Trinajstić information content (AvgIpc) is 2.69. The van der Waals surface area contributed by atoms with Crippen LogP contribution in [0.25, 0.3) is 0 Å². The van der Waals surface area contributed by atoms with Crippen molar-refractivity contribution in [1.29, 1.82) is 0 Å². The molecule has 2 rings (SSSR count). The Morgan fingerprint density at radius 2 is 1.36 bits per heavy atom. The fourth-order valence-electron chi connectivity index (χ4n) is 3.66. The van der Waals surface area contributed by atoms with Crippen molar-refractivity contribution in [2.24, 2.45) is 0 Å². The van der Waals surface area contributed by atoms with Crippen LogP contribution in [0.1, 0.15) is 51.2 Å². The van der Waals surface area contributed by atoms with E-state index in [-0.39, 0.29) is 34.8 Å². The Labute approximate surface area is 181 Å². The summed E-state index contributed by atoms with van der Waals surface area (Å²) in [6.07, 6.45) is 1.04. The maximum absolute atomic E-state index is 13.6. The number of nitrogens with one attached hydrogen (secondary N) is 1. The summed E-state index contributed by atoms with van der Waals surface area (Å²) in [6.45, 7) is 12.9. The normalized spacial score (nSPS) is 11.0. The summed E-state index contributed by atoms with van der Waals surface area (Å²) in [5, 5.41) is 0. The molecule has 0 aliphatic carbocycles. The summed E-state index contributed by atoms with van der Waals surface area (Å²) >= 11 is 0. The van der Waals surface area contributed by atoms with Crippen LogP contribution in [0.3, 0.4) is 0 Å². The highest BCUT2D eigenvalue weighted by Crippen LogP contribution is 2.27. The standard InChI is InChI=1S/C24H34N2O.BrH/c1-5-25(6-2)18-13-19-26(20(3)4)24(27)23(21-14-9-7-10-15-21)22-16-11-8-12-17-22;/h7-12,14-17,20,23H,5-6,13,18-19H2,1-4H3;1H. The molecule has 0 unspecified atom stereocenters. The summed E-state index contributed by atoms with van der Waals surface area (Å²) in [4.78, 5) is 17.3. The molecule has 0 heterocycles. The smallest absolute Gasteiger partial charge is 0.234 e. The molecule has 0 aromatic heterocycles. The van der Waals surface area contributed by atoms with E-state index in [0.717, 1.165) is 43.7 Å². The largest absolute Gasteiger partial charge is 1.00 e. The first kappa shape index (κ1) is 24.4. The second kappa shape index (κ2) is 12.7. The van der Waals surface area contributed by atoms with Crippen molar-refractivity contribution in [3.63, 3.8) is 0 Å². The minimum atomic E-state index is -0.240. The SMILES string of the molecule is CC[NH+](CC)CCCN(C(=O)C(c1ccccc1)c1ccccc1)C(C)C.[Br-]. The highest BCUT2D eigenvalue weighted by atomic mass is 79.9. The summed E-state index contributed by atoms with van der Waals surface area (Å²) < 4.78 is 0. The molecule has 0 saturated heterocycles. The Balaban J connectivity index is 0.00000392. The zero-order valence-electron chi connectivity index (χ0n) is 17.7. The monoisotopic (exact) mass is 446 g/mol. The quantitative estimate of drug-likeness (QED) is 0.560. The van der Waals surface area contributed by atoms with E-state index in [2.05, 4.69) is 56.9 Å². The predicted octanol–water partition coefficient (Wildman–Crippen LogP) is 0.374. The number of carbonyl (C=O) groups is 1. The van der Waals surface area contributed by atoms with Crippen LogP contribution in [0.2, 0.25) is 0 Å². The van der Waals surface area contributed by atoms with E-state index in [1.807, 2.05) is 36.4 Å². The number of hydrogen-bond donors (Lipinski definition) is 1. The lowest BCUT2D eigenvalue weighted by Gasteiger charge is -2.31. The minimum absolute atomic E-state index is 0. The van der Waals surface area contributed by atoms with E-state index < -0.39 is 0 Å². The molecule has 1 N–H and O–H groups in total. The molecule has 2 aromatic rings. The minimum Gasteiger partial charge on any atom is -1.00 e. The molecule has 2 aromatic carbocycles. The summed E-state index contributed by atoms with van der Waals surface area (Å²) in [5.74, 6) is -0.0347. The van der Waals surface area contributed by atoms with Gasteiger partial charge < -0.3 is 26.8 Å². The molecule has 4 heteroatoms. The first-order valence-electron chi connectivity index (χ1n) is 10.3. The van der Waals surface area contributed by atoms with Gasteiger partial charge in [0.15, 0.2) is 0 Å². The Kier molecular flexibility index (Phi) is 11.1. The van der Waals surface area contributed by atoms with Gasteiger partial charge >= 0.3 is 0 Å². The second-order valence-corrected chi connectivity index (χ2v) is 7.44. The predicted molar refractivity (Wildman–Crippen MR) is 113 cm³/mol. The molecule has 0 spiro atoms. The van der Waals surface area contributed by atoms with Crippen LogP contribution in [0, 0.1) is 0 Å². The lowest BCUT2D eigenvalue weighted by molar-refractivity contribution is -0.896. The average molecular weight is 447 g/mol. The molecule has 0 bridgehead atoms. The van der Waals surface area contributed by atoms with E-state index in [0.29, 0.717) is 0 Å². The van der Waals surface area contributed by atoms with Gasteiger partial charge in [-0.15, -0.1) is 0 Å². The van der Waals surface area contributed by atoms with Gasteiger partial charge in [0.2, 0.25) is 5.91 Å². The fourth-order valence-corrected chi connectivity index (χ4v) is 3.66. The maximum Gasteiger partial charge on any atom is 0.234 e. The first-order chi connectivity index (χ1) is 13.1. The van der Waals surface area contributed by atoms with Crippen LogP contribution in [0.4, 0.5) is 0 Å². The van der Waals surface area contributed by atoms with Gasteiger partial charge in [0, 0.05) is 19.0 Å². The van der Waals surface area contributed by atoms with Crippen molar-refractivity contribution in [3.05, 3.63) is 71.8 Å². The Morgan fingerprint density at radius 3 is 1.75 bits per heavy atom. The van der Waals surface area contributed by atoms with Gasteiger partial charge in [-0.3, -0.25) is 4.79 Å². The lowest BCUT2D eigenvalue weighted by atomic mass is 9.89. The molecule has 0 aliphatic heterocycles. The number of amides is 1. The number of hydrogen-bond acceptors (Lipinski definition) is 1. The van der Waals surface area contributed by atoms with Gasteiger partial charge in [-0.2, -0.15) is 0 Å². The number of benzene rings is 2. The Bertz CT molecular complexity index is 632. The van der Waals surface area contributed by atoms with Crippen molar-refractivity contribution >= 4 is 5.91 Å². The number of carbonyl (C=O) groups excluding carboxylic acids is 1. The molecule has 0 aliphatic rings. The Hall–Kier alpha value is -1.65. The lowest BCUT2D eigenvalue weighted by Crippen LogP contribution is -3.11. The van der Waals surface area contributed by atoms with Crippen LogP contribution < -0.4 is 21.9 Å². The van der Waals surface area contributed by atoms with Gasteiger partial charge in [0.1, 0.15) is 0 Å². The Morgan fingerprint density at radius 1 is 0.893 bits per heavy atom. The number of nitrogens with zero attached hydrogens (tertiary/aromatic N) is 1. The van der Waals surface area contributed by atoms with Crippen LogP contribution in [0.5, 0.6) is 0 Å². The highest BCUT2D eigenvalue weighted by molar-refractivity contribution is 5.87. The van der Waals surface area contributed by atoms with Crippen LogP contribution in [-0.4, -0.2) is 43.0 Å². The van der Waals surface area contributed by atoms with Gasteiger partial charge in [-0.05, 0) is 38.8 Å². The maximum atomic E-state index is 13.6. The summed E-state index contributed by atoms with van der Waals surface area (Å²) in [7, 11) is 0. The summed E-state index contributed by atoms with van der Waals surface area (Å²) in [5.41, 5.74) is 2.13. The molecule has 28 heavy (non-hydrogen) atoms. The van der Waals surface area contributed by atoms with Gasteiger partial charge in [0.05, 0.1) is 25.6 Å². The van der Waals surface area contributed by atoms with Crippen molar-refractivity contribution in [3.8, 4) is 0 Å². The van der Waals surface area contributed by atoms with Gasteiger partial charge in [-0.1, -0.05) is 60.7 Å². The first-order valence-corrected chi connectivity index (χ1v) is 10.3. The number of halogens is 1. The van der Waals surface area contributed by atoms with Crippen LogP contribution in [-0.2, 0) is 4.79 Å². The molecule has 1 amide bonds. The molecule has 0 fully saturated rings. The zero-order valence-corrected chi connectivity index (χ0v) is 19.3. The van der Waals surface area contributed by atoms with Crippen LogP contribution in [0.15, 0.2) is 60.7 Å². The fraction of sp³-hybridized carbons (Fsp3) is 0.458. The van der Waals surface area contributed by atoms with Crippen LogP contribution >= 0.6 is 0 Å². The summed E-state index contributed by atoms with van der Waals surface area (Å²) in [6, 6.07) is 20.5. The number of rotatable bonds is 10. The molecule has 0 radical (unpaired) electrons. The zero-order chi connectivity index (χ0) is 19.6. The van der Waals surface area contributed by atoms with Gasteiger partial charge in [-0.25, -0.2) is 0 Å². The second-order valence-electron chi connectivity index (χ2n) is 7.44. The molecule has 154 valence electrons. The van der Waals surface area contributed by atoms with E-state index in [9.17, 15) is 4.79 Å². The van der Waals surface area contributed by atoms with Crippen molar-refractivity contribution < 1.29 is 26.7 Å². The number of quaternary nitrogens is 1.